The van der Waals surface area contributed by atoms with Crippen molar-refractivity contribution in [1.29, 1.82) is 0 Å². The number of hydrogen-bond acceptors (Lipinski definition) is 3. The Balaban J connectivity index is 1.97. The van der Waals surface area contributed by atoms with Gasteiger partial charge in [0.05, 0.1) is 5.69 Å². The van der Waals surface area contributed by atoms with Crippen molar-refractivity contribution in [2.45, 2.75) is 38.8 Å². The molecule has 2 unspecified atom stereocenters. The number of likely N-dealkylation sites (N-methyl/N-ethyl adjacent to an activating group) is 1. The van der Waals surface area contributed by atoms with Crippen LogP contribution in [-0.4, -0.2) is 34.4 Å². The monoisotopic (exact) mass is 253 g/mol. The Morgan fingerprint density at radius 2 is 2.41 bits per heavy atom. The number of rotatable bonds is 5. The molecule has 1 saturated heterocycles. The number of nitrogens with zero attached hydrogens (tertiary/aromatic N) is 2. The van der Waals surface area contributed by atoms with Gasteiger partial charge in [0, 0.05) is 24.7 Å². The van der Waals surface area contributed by atoms with E-state index in [0.29, 0.717) is 12.1 Å². The normalized spacial score (nSPS) is 22.2. The van der Waals surface area contributed by atoms with Crippen LogP contribution in [0.1, 0.15) is 32.0 Å². The van der Waals surface area contributed by atoms with E-state index in [4.69, 9.17) is 0 Å². The fourth-order valence-corrected chi connectivity index (χ4v) is 3.71. The lowest BCUT2D eigenvalue weighted by atomic mass is 9.95. The summed E-state index contributed by atoms with van der Waals surface area (Å²) in [7, 11) is 2.08. The Labute approximate surface area is 108 Å². The highest BCUT2D eigenvalue weighted by atomic mass is 32.2. The molecule has 1 aliphatic heterocycles. The SMILES string of the molecule is CNC(Cc1ccn(C(C)C)n1)C1CCSC1. The molecule has 17 heavy (non-hydrogen) atoms. The minimum Gasteiger partial charge on any atom is -0.316 e. The van der Waals surface area contributed by atoms with Gasteiger partial charge in [-0.1, -0.05) is 0 Å². The molecule has 0 aliphatic carbocycles. The van der Waals surface area contributed by atoms with Gasteiger partial charge in [0.25, 0.3) is 0 Å². The lowest BCUT2D eigenvalue weighted by Gasteiger charge is -2.21. The molecule has 0 amide bonds. The van der Waals surface area contributed by atoms with E-state index in [0.717, 1.165) is 12.3 Å². The van der Waals surface area contributed by atoms with E-state index in [1.54, 1.807) is 0 Å². The predicted molar refractivity (Wildman–Crippen MR) is 74.6 cm³/mol. The highest BCUT2D eigenvalue weighted by molar-refractivity contribution is 7.99. The maximum atomic E-state index is 4.64. The van der Waals surface area contributed by atoms with Crippen LogP contribution in [0, 0.1) is 5.92 Å². The molecular formula is C13H23N3S. The van der Waals surface area contributed by atoms with E-state index in [1.165, 1.54) is 23.6 Å². The van der Waals surface area contributed by atoms with Gasteiger partial charge in [0.2, 0.25) is 0 Å². The van der Waals surface area contributed by atoms with Crippen LogP contribution in [0.3, 0.4) is 0 Å². The van der Waals surface area contributed by atoms with E-state index in [-0.39, 0.29) is 0 Å². The highest BCUT2D eigenvalue weighted by Gasteiger charge is 2.24. The minimum absolute atomic E-state index is 0.457. The molecule has 1 fully saturated rings. The van der Waals surface area contributed by atoms with Gasteiger partial charge in [-0.25, -0.2) is 0 Å². The Morgan fingerprint density at radius 1 is 1.59 bits per heavy atom. The molecule has 1 aromatic heterocycles. The first-order valence-electron chi connectivity index (χ1n) is 6.49. The first-order chi connectivity index (χ1) is 8.20. The van der Waals surface area contributed by atoms with Crippen molar-refractivity contribution < 1.29 is 0 Å². The van der Waals surface area contributed by atoms with Gasteiger partial charge in [-0.3, -0.25) is 4.68 Å². The standard InChI is InChI=1S/C13H23N3S/c1-10(2)16-6-4-12(15-16)8-13(14-3)11-5-7-17-9-11/h4,6,10-11,13-14H,5,7-9H2,1-3H3. The Hall–Kier alpha value is -0.480. The Bertz CT molecular complexity index is 342. The van der Waals surface area contributed by atoms with Crippen LogP contribution in [0.5, 0.6) is 0 Å². The van der Waals surface area contributed by atoms with Crippen LogP contribution >= 0.6 is 11.8 Å². The maximum absolute atomic E-state index is 4.64. The summed E-state index contributed by atoms with van der Waals surface area (Å²) >= 11 is 2.08. The zero-order chi connectivity index (χ0) is 12.3. The number of thioether (sulfide) groups is 1. The van der Waals surface area contributed by atoms with Gasteiger partial charge in [-0.2, -0.15) is 16.9 Å². The van der Waals surface area contributed by atoms with Gasteiger partial charge >= 0.3 is 0 Å². The van der Waals surface area contributed by atoms with Crippen molar-refractivity contribution in [1.82, 2.24) is 15.1 Å². The molecule has 0 radical (unpaired) electrons. The van der Waals surface area contributed by atoms with Crippen LogP contribution < -0.4 is 5.32 Å². The van der Waals surface area contributed by atoms with Gasteiger partial charge in [0.1, 0.15) is 0 Å². The summed E-state index contributed by atoms with van der Waals surface area (Å²) in [6.07, 6.45) is 4.50. The van der Waals surface area contributed by atoms with E-state index in [9.17, 15) is 0 Å². The van der Waals surface area contributed by atoms with Crippen molar-refractivity contribution in [3.05, 3.63) is 18.0 Å². The molecule has 4 heteroatoms. The summed E-state index contributed by atoms with van der Waals surface area (Å²) in [5, 5.41) is 8.11. The predicted octanol–water partition coefficient (Wildman–Crippen LogP) is 2.35. The summed E-state index contributed by atoms with van der Waals surface area (Å²) in [5.74, 6) is 3.44. The van der Waals surface area contributed by atoms with Gasteiger partial charge < -0.3 is 5.32 Å². The largest absolute Gasteiger partial charge is 0.316 e. The van der Waals surface area contributed by atoms with Crippen molar-refractivity contribution in [2.24, 2.45) is 5.92 Å². The fraction of sp³-hybridized carbons (Fsp3) is 0.769. The molecule has 0 aromatic carbocycles. The smallest absolute Gasteiger partial charge is 0.0640 e. The average Bonchev–Trinajstić information content (AvgIpc) is 2.96. The molecule has 3 nitrogen and oxygen atoms in total. The maximum Gasteiger partial charge on any atom is 0.0640 e. The second kappa shape index (κ2) is 5.91. The van der Waals surface area contributed by atoms with Crippen LogP contribution in [0.2, 0.25) is 0 Å². The second-order valence-corrected chi connectivity index (χ2v) is 6.25. The number of aromatic nitrogens is 2. The number of hydrogen-bond donors (Lipinski definition) is 1. The molecule has 0 spiro atoms. The topological polar surface area (TPSA) is 29.9 Å². The highest BCUT2D eigenvalue weighted by Crippen LogP contribution is 2.27. The minimum atomic E-state index is 0.457. The van der Waals surface area contributed by atoms with Crippen molar-refractivity contribution in [3.8, 4) is 0 Å². The Morgan fingerprint density at radius 3 is 2.94 bits per heavy atom. The molecule has 1 aliphatic rings. The van der Waals surface area contributed by atoms with Gasteiger partial charge in [-0.15, -0.1) is 0 Å². The first kappa shape index (κ1) is 13.0. The molecule has 0 bridgehead atoms. The van der Waals surface area contributed by atoms with Crippen LogP contribution in [0.15, 0.2) is 12.3 Å². The van der Waals surface area contributed by atoms with Crippen molar-refractivity contribution in [3.63, 3.8) is 0 Å². The summed E-state index contributed by atoms with van der Waals surface area (Å²) in [4.78, 5) is 0. The summed E-state index contributed by atoms with van der Waals surface area (Å²) < 4.78 is 2.05. The van der Waals surface area contributed by atoms with E-state index < -0.39 is 0 Å². The summed E-state index contributed by atoms with van der Waals surface area (Å²) in [6.45, 7) is 4.33. The first-order valence-corrected chi connectivity index (χ1v) is 7.65. The lowest BCUT2D eigenvalue weighted by Crippen LogP contribution is -2.35. The van der Waals surface area contributed by atoms with E-state index in [2.05, 4.69) is 55.3 Å². The van der Waals surface area contributed by atoms with Crippen LogP contribution in [-0.2, 0) is 6.42 Å². The van der Waals surface area contributed by atoms with Crippen molar-refractivity contribution in [2.75, 3.05) is 18.6 Å². The molecule has 2 rings (SSSR count). The molecule has 2 heterocycles. The molecular weight excluding hydrogens is 230 g/mol. The second-order valence-electron chi connectivity index (χ2n) is 5.10. The fourth-order valence-electron chi connectivity index (χ4n) is 2.37. The molecule has 1 N–H and O–H groups in total. The average molecular weight is 253 g/mol. The summed E-state index contributed by atoms with van der Waals surface area (Å²) in [6, 6.07) is 3.20. The quantitative estimate of drug-likeness (QED) is 0.873. The Kier molecular flexibility index (Phi) is 4.51. The van der Waals surface area contributed by atoms with E-state index >= 15 is 0 Å². The molecule has 2 atom stereocenters. The third-order valence-corrected chi connectivity index (χ3v) is 4.71. The summed E-state index contributed by atoms with van der Waals surface area (Å²) in [5.41, 5.74) is 1.22. The van der Waals surface area contributed by atoms with Crippen LogP contribution in [0.25, 0.3) is 0 Å². The zero-order valence-electron chi connectivity index (χ0n) is 11.0. The zero-order valence-corrected chi connectivity index (χ0v) is 11.8. The third-order valence-electron chi connectivity index (χ3n) is 3.53. The van der Waals surface area contributed by atoms with Gasteiger partial charge in [0.15, 0.2) is 0 Å². The molecule has 1 aromatic rings. The van der Waals surface area contributed by atoms with Crippen LogP contribution in [0.4, 0.5) is 0 Å². The van der Waals surface area contributed by atoms with Gasteiger partial charge in [-0.05, 0) is 50.8 Å². The molecule has 96 valence electrons. The van der Waals surface area contributed by atoms with Crippen molar-refractivity contribution >= 4 is 11.8 Å². The third kappa shape index (κ3) is 3.26. The lowest BCUT2D eigenvalue weighted by molar-refractivity contribution is 0.398. The number of nitrogens with one attached hydrogen (secondary N) is 1. The molecule has 0 saturated carbocycles. The van der Waals surface area contributed by atoms with E-state index in [1.807, 2.05) is 4.68 Å².